The first-order valence-electron chi connectivity index (χ1n) is 10.6. The van der Waals surface area contributed by atoms with Crippen LogP contribution < -0.4 is 5.32 Å². The van der Waals surface area contributed by atoms with E-state index in [1.807, 2.05) is 34.6 Å². The number of nitrogens with one attached hydrogen (secondary N) is 1. The Hall–Kier alpha value is -0.610. The second kappa shape index (κ2) is 20.1. The quantitative estimate of drug-likeness (QED) is 0.536. The van der Waals surface area contributed by atoms with Crippen molar-refractivity contribution in [3.63, 3.8) is 0 Å². The minimum atomic E-state index is -0.478. The fourth-order valence-corrected chi connectivity index (χ4v) is 2.09. The maximum absolute atomic E-state index is 10.1. The largest absolute Gasteiger partial charge is 0.393 e. The van der Waals surface area contributed by atoms with Gasteiger partial charge in [0.1, 0.15) is 0 Å². The molecule has 0 aromatic carbocycles. The topological polar surface area (TPSA) is 69.6 Å². The van der Waals surface area contributed by atoms with Crippen LogP contribution in [0.1, 0.15) is 109 Å². The molecule has 0 heterocycles. The monoisotopic (exact) mass is 391 g/mol. The van der Waals surface area contributed by atoms with Crippen LogP contribution in [-0.2, 0) is 4.79 Å². The van der Waals surface area contributed by atoms with E-state index in [1.54, 1.807) is 0 Å². The van der Waals surface area contributed by atoms with Gasteiger partial charge in [-0.25, -0.2) is 0 Å². The first-order chi connectivity index (χ1) is 11.9. The maximum atomic E-state index is 10.1. The summed E-state index contributed by atoms with van der Waals surface area (Å²) in [4.78, 5) is 10.1. The highest BCUT2D eigenvalue weighted by molar-refractivity contribution is 5.73. The van der Waals surface area contributed by atoms with Gasteiger partial charge in [0.25, 0.3) is 0 Å². The summed E-state index contributed by atoms with van der Waals surface area (Å²) in [6, 6.07) is 0.275. The van der Waals surface area contributed by atoms with Gasteiger partial charge in [-0.05, 0) is 65.2 Å². The smallest absolute Gasteiger partial charge is 0.217 e. The lowest BCUT2D eigenvalue weighted by Crippen LogP contribution is -2.27. The predicted octanol–water partition coefficient (Wildman–Crippen LogP) is 5.80. The van der Waals surface area contributed by atoms with Gasteiger partial charge >= 0.3 is 0 Å². The summed E-state index contributed by atoms with van der Waals surface area (Å²) in [6.07, 6.45) is 2.98. The van der Waals surface area contributed by atoms with Crippen molar-refractivity contribution in [1.29, 1.82) is 0 Å². The summed E-state index contributed by atoms with van der Waals surface area (Å²) in [5.74, 6) is 2.14. The Morgan fingerprint density at radius 2 is 1.26 bits per heavy atom. The van der Waals surface area contributed by atoms with Crippen molar-refractivity contribution < 1.29 is 15.0 Å². The Bertz CT molecular complexity index is 297. The standard InChI is InChI=1S/C7H16O.C6H14O.C5H11NO.C5H12/c1-6(2)5-7(3,4)8;1-5(2)4-6(3)7;1-4(2)6-5(3)7;1-4-5(2)3/h6,8H,5H2,1-4H3;5-7H,4H2,1-3H3;4H,1-3H3,(H,6,7);5H,4H2,1-3H3. The van der Waals surface area contributed by atoms with Crippen molar-refractivity contribution in [2.24, 2.45) is 17.8 Å². The molecule has 1 atom stereocenters. The van der Waals surface area contributed by atoms with E-state index < -0.39 is 5.60 Å². The van der Waals surface area contributed by atoms with E-state index in [0.29, 0.717) is 11.8 Å². The number of rotatable bonds is 6. The Balaban J connectivity index is -0.000000132. The first-order valence-corrected chi connectivity index (χ1v) is 10.6. The minimum Gasteiger partial charge on any atom is -0.393 e. The molecule has 0 bridgehead atoms. The van der Waals surface area contributed by atoms with Gasteiger partial charge in [0.15, 0.2) is 0 Å². The van der Waals surface area contributed by atoms with E-state index in [9.17, 15) is 9.90 Å². The second-order valence-electron chi connectivity index (χ2n) is 9.55. The van der Waals surface area contributed by atoms with Crippen LogP contribution in [-0.4, -0.2) is 33.9 Å². The molecule has 0 fully saturated rings. The Morgan fingerprint density at radius 1 is 0.889 bits per heavy atom. The molecule has 4 heteroatoms. The zero-order valence-corrected chi connectivity index (χ0v) is 20.8. The van der Waals surface area contributed by atoms with Crippen LogP contribution in [0.25, 0.3) is 0 Å². The molecule has 0 aliphatic carbocycles. The molecular formula is C23H53NO3. The van der Waals surface area contributed by atoms with Gasteiger partial charge in [-0.15, -0.1) is 0 Å². The predicted molar refractivity (Wildman–Crippen MR) is 121 cm³/mol. The van der Waals surface area contributed by atoms with Crippen LogP contribution in [0.15, 0.2) is 0 Å². The average molecular weight is 392 g/mol. The summed E-state index contributed by atoms with van der Waals surface area (Å²) in [5, 5.41) is 20.6. The number of hydrogen-bond acceptors (Lipinski definition) is 3. The SMILES string of the molecule is CC(=O)NC(C)C.CC(C)CC(C)(C)O.CC(C)CC(C)O.CCC(C)C. The van der Waals surface area contributed by atoms with Crippen molar-refractivity contribution in [3.8, 4) is 0 Å². The molecule has 0 rings (SSSR count). The molecular weight excluding hydrogens is 338 g/mol. The van der Waals surface area contributed by atoms with E-state index in [1.165, 1.54) is 13.3 Å². The van der Waals surface area contributed by atoms with E-state index in [0.717, 1.165) is 18.8 Å². The van der Waals surface area contributed by atoms with Gasteiger partial charge in [-0.1, -0.05) is 54.9 Å². The Kier molecular flexibility index (Phi) is 25.3. The minimum absolute atomic E-state index is 0.0370. The maximum Gasteiger partial charge on any atom is 0.217 e. The molecule has 0 aromatic rings. The third-order valence-corrected chi connectivity index (χ3v) is 3.03. The summed E-state index contributed by atoms with van der Waals surface area (Å²) in [5.41, 5.74) is -0.478. The lowest BCUT2D eigenvalue weighted by Gasteiger charge is -2.18. The zero-order chi connectivity index (χ0) is 22.8. The third-order valence-electron chi connectivity index (χ3n) is 3.03. The third kappa shape index (κ3) is 67.1. The van der Waals surface area contributed by atoms with Crippen LogP contribution in [0, 0.1) is 17.8 Å². The molecule has 0 saturated heterocycles. The van der Waals surface area contributed by atoms with Gasteiger partial charge in [-0.3, -0.25) is 4.79 Å². The fraction of sp³-hybridized carbons (Fsp3) is 0.957. The highest BCUT2D eigenvalue weighted by atomic mass is 16.3. The van der Waals surface area contributed by atoms with Gasteiger partial charge < -0.3 is 15.5 Å². The molecule has 168 valence electrons. The van der Waals surface area contributed by atoms with Gasteiger partial charge in [0, 0.05) is 13.0 Å². The van der Waals surface area contributed by atoms with E-state index >= 15 is 0 Å². The summed E-state index contributed by atoms with van der Waals surface area (Å²) in [7, 11) is 0. The molecule has 0 aliphatic rings. The van der Waals surface area contributed by atoms with Crippen molar-refractivity contribution >= 4 is 5.91 Å². The Labute approximate surface area is 171 Å². The lowest BCUT2D eigenvalue weighted by molar-refractivity contribution is -0.119. The lowest BCUT2D eigenvalue weighted by atomic mass is 9.97. The van der Waals surface area contributed by atoms with Crippen molar-refractivity contribution in [2.45, 2.75) is 127 Å². The molecule has 27 heavy (non-hydrogen) atoms. The summed E-state index contributed by atoms with van der Waals surface area (Å²) in [6.45, 7) is 25.9. The molecule has 0 saturated carbocycles. The first kappa shape index (κ1) is 33.9. The number of carbonyl (C=O) groups is 1. The highest BCUT2D eigenvalue weighted by Gasteiger charge is 2.13. The van der Waals surface area contributed by atoms with Crippen LogP contribution in [0.5, 0.6) is 0 Å². The van der Waals surface area contributed by atoms with Crippen LogP contribution in [0.3, 0.4) is 0 Å². The van der Waals surface area contributed by atoms with Gasteiger partial charge in [-0.2, -0.15) is 0 Å². The number of hydrogen-bond donors (Lipinski definition) is 3. The number of aliphatic hydroxyl groups is 2. The Morgan fingerprint density at radius 3 is 1.26 bits per heavy atom. The van der Waals surface area contributed by atoms with Crippen LogP contribution >= 0.6 is 0 Å². The molecule has 3 N–H and O–H groups in total. The molecule has 4 nitrogen and oxygen atoms in total. The normalized spacial score (nSPS) is 11.8. The van der Waals surface area contributed by atoms with Gasteiger partial charge in [0.2, 0.25) is 5.91 Å². The average Bonchev–Trinajstić information content (AvgIpc) is 2.33. The summed E-state index contributed by atoms with van der Waals surface area (Å²) >= 11 is 0. The van der Waals surface area contributed by atoms with Crippen LogP contribution in [0.2, 0.25) is 0 Å². The van der Waals surface area contributed by atoms with Crippen molar-refractivity contribution in [3.05, 3.63) is 0 Å². The highest BCUT2D eigenvalue weighted by Crippen LogP contribution is 2.13. The van der Waals surface area contributed by atoms with E-state index in [2.05, 4.69) is 53.8 Å². The van der Waals surface area contributed by atoms with E-state index in [-0.39, 0.29) is 18.1 Å². The summed E-state index contributed by atoms with van der Waals surface area (Å²) < 4.78 is 0. The molecule has 0 spiro atoms. The molecule has 1 amide bonds. The molecule has 0 aromatic heterocycles. The number of amides is 1. The van der Waals surface area contributed by atoms with E-state index in [4.69, 9.17) is 5.11 Å². The number of aliphatic hydroxyl groups excluding tert-OH is 1. The second-order valence-corrected chi connectivity index (χ2v) is 9.55. The fourth-order valence-electron chi connectivity index (χ4n) is 2.09. The molecule has 0 radical (unpaired) electrons. The number of carbonyl (C=O) groups excluding carboxylic acids is 1. The van der Waals surface area contributed by atoms with Crippen molar-refractivity contribution in [2.75, 3.05) is 0 Å². The van der Waals surface area contributed by atoms with Crippen molar-refractivity contribution in [1.82, 2.24) is 5.32 Å². The van der Waals surface area contributed by atoms with Gasteiger partial charge in [0.05, 0.1) is 11.7 Å². The van der Waals surface area contributed by atoms with Crippen LogP contribution in [0.4, 0.5) is 0 Å². The molecule has 1 unspecified atom stereocenters. The molecule has 0 aliphatic heterocycles. The zero-order valence-electron chi connectivity index (χ0n) is 20.8.